The average Bonchev–Trinajstić information content (AvgIpc) is 3.36. The Kier molecular flexibility index (Phi) is 4.56. The third-order valence-corrected chi connectivity index (χ3v) is 5.81. The van der Waals surface area contributed by atoms with E-state index in [0.29, 0.717) is 11.4 Å². The zero-order valence-electron chi connectivity index (χ0n) is 14.6. The highest BCUT2D eigenvalue weighted by molar-refractivity contribution is 7.92. The summed E-state index contributed by atoms with van der Waals surface area (Å²) in [5, 5.41) is 0. The van der Waals surface area contributed by atoms with Crippen LogP contribution in [0.25, 0.3) is 0 Å². The van der Waals surface area contributed by atoms with Crippen LogP contribution in [-0.4, -0.2) is 20.4 Å². The lowest BCUT2D eigenvalue weighted by Crippen LogP contribution is -2.31. The van der Waals surface area contributed by atoms with E-state index in [9.17, 15) is 13.2 Å². The molecule has 0 atom stereocenters. The number of aryl methyl sites for hydroxylation is 2. The summed E-state index contributed by atoms with van der Waals surface area (Å²) >= 11 is 0. The van der Waals surface area contributed by atoms with Crippen LogP contribution in [0.4, 0.5) is 11.4 Å². The molecule has 25 heavy (non-hydrogen) atoms. The summed E-state index contributed by atoms with van der Waals surface area (Å²) in [6.45, 7) is 5.33. The van der Waals surface area contributed by atoms with Gasteiger partial charge in [-0.3, -0.25) is 9.52 Å². The van der Waals surface area contributed by atoms with Crippen molar-refractivity contribution < 1.29 is 13.2 Å². The molecule has 2 aromatic carbocycles. The van der Waals surface area contributed by atoms with Gasteiger partial charge in [-0.15, -0.1) is 0 Å². The maximum atomic E-state index is 12.8. The first-order chi connectivity index (χ1) is 11.8. The fraction of sp³-hybridized carbons (Fsp3) is 0.316. The predicted octanol–water partition coefficient (Wildman–Crippen LogP) is 3.62. The normalized spacial score (nSPS) is 14.2. The number of benzene rings is 2. The van der Waals surface area contributed by atoms with Crippen LogP contribution in [0.2, 0.25) is 0 Å². The van der Waals surface area contributed by atoms with Crippen LogP contribution in [0.15, 0.2) is 47.4 Å². The van der Waals surface area contributed by atoms with Crippen molar-refractivity contribution in [2.75, 3.05) is 9.62 Å². The number of carbonyl (C=O) groups is 1. The molecule has 132 valence electrons. The minimum atomic E-state index is -3.73. The average molecular weight is 358 g/mol. The van der Waals surface area contributed by atoms with Gasteiger partial charge in [0.05, 0.1) is 16.3 Å². The quantitative estimate of drug-likeness (QED) is 0.888. The molecular weight excluding hydrogens is 336 g/mol. The summed E-state index contributed by atoms with van der Waals surface area (Å²) < 4.78 is 28.2. The van der Waals surface area contributed by atoms with Crippen LogP contribution in [0, 0.1) is 13.8 Å². The molecular formula is C19H22N2O3S. The van der Waals surface area contributed by atoms with Gasteiger partial charge in [0.2, 0.25) is 5.91 Å². The second-order valence-corrected chi connectivity index (χ2v) is 8.17. The highest BCUT2D eigenvalue weighted by atomic mass is 32.2. The van der Waals surface area contributed by atoms with Crippen LogP contribution < -0.4 is 9.62 Å². The van der Waals surface area contributed by atoms with E-state index in [2.05, 4.69) is 4.72 Å². The van der Waals surface area contributed by atoms with Gasteiger partial charge < -0.3 is 4.90 Å². The zero-order valence-corrected chi connectivity index (χ0v) is 15.4. The smallest absolute Gasteiger partial charge is 0.261 e. The molecule has 5 nitrogen and oxygen atoms in total. The van der Waals surface area contributed by atoms with Gasteiger partial charge in [-0.1, -0.05) is 18.2 Å². The summed E-state index contributed by atoms with van der Waals surface area (Å²) in [4.78, 5) is 13.9. The van der Waals surface area contributed by atoms with E-state index in [-0.39, 0.29) is 16.8 Å². The number of rotatable bonds is 5. The van der Waals surface area contributed by atoms with Crippen LogP contribution in [0.3, 0.4) is 0 Å². The number of nitrogens with one attached hydrogen (secondary N) is 1. The molecule has 0 spiro atoms. The van der Waals surface area contributed by atoms with E-state index in [1.54, 1.807) is 41.3 Å². The monoisotopic (exact) mass is 358 g/mol. The van der Waals surface area contributed by atoms with E-state index in [1.807, 2.05) is 19.9 Å². The van der Waals surface area contributed by atoms with Crippen molar-refractivity contribution in [2.45, 2.75) is 44.6 Å². The van der Waals surface area contributed by atoms with Gasteiger partial charge >= 0.3 is 0 Å². The molecule has 0 bridgehead atoms. The second kappa shape index (κ2) is 6.52. The van der Waals surface area contributed by atoms with Crippen molar-refractivity contribution in [1.82, 2.24) is 0 Å². The molecule has 1 aliphatic carbocycles. The Morgan fingerprint density at radius 2 is 1.76 bits per heavy atom. The molecule has 0 aromatic heterocycles. The van der Waals surface area contributed by atoms with Crippen LogP contribution in [0.1, 0.15) is 30.9 Å². The first kappa shape index (κ1) is 17.5. The first-order valence-corrected chi connectivity index (χ1v) is 9.77. The summed E-state index contributed by atoms with van der Waals surface area (Å²) in [6.07, 6.45) is 1.88. The summed E-state index contributed by atoms with van der Waals surface area (Å²) in [5.41, 5.74) is 2.98. The fourth-order valence-corrected chi connectivity index (χ4v) is 3.97. The molecule has 0 radical (unpaired) electrons. The van der Waals surface area contributed by atoms with Crippen molar-refractivity contribution in [3.63, 3.8) is 0 Å². The summed E-state index contributed by atoms with van der Waals surface area (Å²) in [6, 6.07) is 12.2. The van der Waals surface area contributed by atoms with Crippen molar-refractivity contribution in [3.8, 4) is 0 Å². The molecule has 1 amide bonds. The third kappa shape index (κ3) is 3.69. The fourth-order valence-electron chi connectivity index (χ4n) is 2.81. The van der Waals surface area contributed by atoms with Crippen LogP contribution in [-0.2, 0) is 14.8 Å². The summed E-state index contributed by atoms with van der Waals surface area (Å²) in [5.74, 6) is -0.0830. The summed E-state index contributed by atoms with van der Waals surface area (Å²) in [7, 11) is -3.73. The molecule has 0 unspecified atom stereocenters. The van der Waals surface area contributed by atoms with Crippen LogP contribution in [0.5, 0.6) is 0 Å². The number of carbonyl (C=O) groups excluding carboxylic acids is 1. The van der Waals surface area contributed by atoms with Gasteiger partial charge in [0.15, 0.2) is 0 Å². The van der Waals surface area contributed by atoms with Gasteiger partial charge in [-0.25, -0.2) is 8.42 Å². The molecule has 0 heterocycles. The highest BCUT2D eigenvalue weighted by Gasteiger charge is 2.33. The zero-order chi connectivity index (χ0) is 18.2. The minimum absolute atomic E-state index is 0.0830. The molecule has 3 rings (SSSR count). The van der Waals surface area contributed by atoms with E-state index in [1.165, 1.54) is 6.92 Å². The SMILES string of the molecule is CC(=O)N(c1ccccc1NS(=O)(=O)c1ccc(C)c(C)c1)C1CC1. The Balaban J connectivity index is 1.97. The van der Waals surface area contributed by atoms with Gasteiger partial charge in [0.1, 0.15) is 0 Å². The van der Waals surface area contributed by atoms with Crippen molar-refractivity contribution in [1.29, 1.82) is 0 Å². The Hall–Kier alpha value is -2.34. The van der Waals surface area contributed by atoms with Gasteiger partial charge in [0, 0.05) is 13.0 Å². The predicted molar refractivity (Wildman–Crippen MR) is 99.3 cm³/mol. The number of anilines is 2. The molecule has 1 fully saturated rings. The maximum Gasteiger partial charge on any atom is 0.261 e. The van der Waals surface area contributed by atoms with E-state index < -0.39 is 10.0 Å². The maximum absolute atomic E-state index is 12.8. The van der Waals surface area contributed by atoms with Crippen LogP contribution >= 0.6 is 0 Å². The van der Waals surface area contributed by atoms with Gasteiger partial charge in [-0.2, -0.15) is 0 Å². The minimum Gasteiger partial charge on any atom is -0.308 e. The topological polar surface area (TPSA) is 66.5 Å². The Labute approximate surface area is 148 Å². The number of amides is 1. The van der Waals surface area contributed by atoms with Crippen molar-refractivity contribution in [2.24, 2.45) is 0 Å². The van der Waals surface area contributed by atoms with E-state index in [0.717, 1.165) is 24.0 Å². The number of sulfonamides is 1. The molecule has 2 aromatic rings. The molecule has 6 heteroatoms. The first-order valence-electron chi connectivity index (χ1n) is 8.28. The lowest BCUT2D eigenvalue weighted by molar-refractivity contribution is -0.116. The van der Waals surface area contributed by atoms with Crippen molar-refractivity contribution in [3.05, 3.63) is 53.6 Å². The van der Waals surface area contributed by atoms with Gasteiger partial charge in [0.25, 0.3) is 10.0 Å². The molecule has 0 saturated heterocycles. The molecule has 1 N–H and O–H groups in total. The number of nitrogens with zero attached hydrogens (tertiary/aromatic N) is 1. The Morgan fingerprint density at radius 3 is 2.36 bits per heavy atom. The highest BCUT2D eigenvalue weighted by Crippen LogP contribution is 2.36. The van der Waals surface area contributed by atoms with E-state index >= 15 is 0 Å². The standard InChI is InChI=1S/C19H22N2O3S/c1-13-8-11-17(12-14(13)2)25(23,24)20-18-6-4-5-7-19(18)21(15(3)22)16-9-10-16/h4-8,11-12,16,20H,9-10H2,1-3H3. The lowest BCUT2D eigenvalue weighted by atomic mass is 10.1. The molecule has 1 aliphatic rings. The Bertz CT molecular complexity index is 918. The molecule has 0 aliphatic heterocycles. The number of para-hydroxylation sites is 2. The second-order valence-electron chi connectivity index (χ2n) is 6.49. The van der Waals surface area contributed by atoms with Crippen molar-refractivity contribution >= 4 is 27.3 Å². The molecule has 1 saturated carbocycles. The Morgan fingerprint density at radius 1 is 1.08 bits per heavy atom. The lowest BCUT2D eigenvalue weighted by Gasteiger charge is -2.24. The third-order valence-electron chi connectivity index (χ3n) is 4.45. The largest absolute Gasteiger partial charge is 0.308 e. The van der Waals surface area contributed by atoms with Gasteiger partial charge in [-0.05, 0) is 62.1 Å². The van der Waals surface area contributed by atoms with E-state index in [4.69, 9.17) is 0 Å². The number of hydrogen-bond acceptors (Lipinski definition) is 3. The number of hydrogen-bond donors (Lipinski definition) is 1.